The van der Waals surface area contributed by atoms with Crippen molar-refractivity contribution in [1.29, 1.82) is 0 Å². The Kier molecular flexibility index (Phi) is 5.81. The highest BCUT2D eigenvalue weighted by molar-refractivity contribution is 6.03. The van der Waals surface area contributed by atoms with Crippen LogP contribution in [-0.2, 0) is 4.74 Å². The van der Waals surface area contributed by atoms with Crippen LogP contribution in [0.25, 0.3) is 0 Å². The number of hydrogen-bond acceptors (Lipinski definition) is 7. The minimum Gasteiger partial charge on any atom is -0.497 e. The largest absolute Gasteiger partial charge is 0.497 e. The molecule has 1 heterocycles. The number of nitrogens with zero attached hydrogens (tertiary/aromatic N) is 2. The number of rotatable bonds is 6. The Morgan fingerprint density at radius 3 is 2.18 bits per heavy atom. The summed E-state index contributed by atoms with van der Waals surface area (Å²) >= 11 is 0. The van der Waals surface area contributed by atoms with E-state index >= 15 is 0 Å². The summed E-state index contributed by atoms with van der Waals surface area (Å²) in [7, 11) is 2.88. The molecule has 0 bridgehead atoms. The van der Waals surface area contributed by atoms with Gasteiger partial charge in [0.2, 0.25) is 0 Å². The number of para-hydroxylation sites is 1. The number of methoxy groups -OCH3 is 2. The number of hydrogen-bond donors (Lipinski definition) is 2. The van der Waals surface area contributed by atoms with E-state index in [2.05, 4.69) is 20.8 Å². The number of esters is 1. The molecule has 0 unspecified atom stereocenters. The number of carbonyl (C=O) groups is 2. The van der Waals surface area contributed by atoms with Gasteiger partial charge >= 0.3 is 5.97 Å². The second kappa shape index (κ2) is 8.63. The normalized spacial score (nSPS) is 10.1. The molecule has 142 valence electrons. The second-order valence-electron chi connectivity index (χ2n) is 5.65. The zero-order valence-electron chi connectivity index (χ0n) is 15.3. The van der Waals surface area contributed by atoms with Crippen LogP contribution in [0.4, 0.5) is 17.3 Å². The summed E-state index contributed by atoms with van der Waals surface area (Å²) in [5, 5.41) is 13.7. The van der Waals surface area contributed by atoms with E-state index in [1.807, 2.05) is 0 Å². The monoisotopic (exact) mass is 378 g/mol. The number of anilines is 3. The summed E-state index contributed by atoms with van der Waals surface area (Å²) < 4.78 is 9.83. The molecule has 0 fully saturated rings. The fourth-order valence-corrected chi connectivity index (χ4v) is 2.41. The maximum absolute atomic E-state index is 12.3. The number of aromatic nitrogens is 2. The van der Waals surface area contributed by atoms with Crippen LogP contribution in [0.1, 0.15) is 20.7 Å². The van der Waals surface area contributed by atoms with Crippen molar-refractivity contribution in [3.8, 4) is 5.75 Å². The molecular formula is C20H18N4O4. The van der Waals surface area contributed by atoms with E-state index in [1.54, 1.807) is 67.8 Å². The van der Waals surface area contributed by atoms with Crippen LogP contribution in [0.3, 0.4) is 0 Å². The van der Waals surface area contributed by atoms with E-state index < -0.39 is 5.97 Å². The molecule has 8 nitrogen and oxygen atoms in total. The van der Waals surface area contributed by atoms with E-state index in [-0.39, 0.29) is 5.91 Å². The molecule has 0 spiro atoms. The molecule has 2 N–H and O–H groups in total. The van der Waals surface area contributed by atoms with Gasteiger partial charge < -0.3 is 20.1 Å². The molecular weight excluding hydrogens is 360 g/mol. The van der Waals surface area contributed by atoms with Crippen LogP contribution in [0.2, 0.25) is 0 Å². The van der Waals surface area contributed by atoms with Crippen molar-refractivity contribution >= 4 is 29.2 Å². The van der Waals surface area contributed by atoms with Gasteiger partial charge in [-0.3, -0.25) is 4.79 Å². The summed E-state index contributed by atoms with van der Waals surface area (Å²) in [6, 6.07) is 16.9. The maximum atomic E-state index is 12.3. The summed E-state index contributed by atoms with van der Waals surface area (Å²) in [5.41, 5.74) is 1.39. The smallest absolute Gasteiger partial charge is 0.339 e. The Labute approximate surface area is 161 Å². The lowest BCUT2D eigenvalue weighted by Crippen LogP contribution is -2.13. The third-order valence-electron chi connectivity index (χ3n) is 3.85. The Balaban J connectivity index is 1.68. The van der Waals surface area contributed by atoms with E-state index in [9.17, 15) is 9.59 Å². The first kappa shape index (κ1) is 18.8. The van der Waals surface area contributed by atoms with Crippen molar-refractivity contribution in [1.82, 2.24) is 10.2 Å². The molecule has 1 amide bonds. The average Bonchev–Trinajstić information content (AvgIpc) is 2.75. The molecule has 0 atom stereocenters. The molecule has 8 heteroatoms. The highest BCUT2D eigenvalue weighted by Gasteiger charge is 2.12. The van der Waals surface area contributed by atoms with Gasteiger partial charge in [0.05, 0.1) is 25.5 Å². The fraction of sp³-hybridized carbons (Fsp3) is 0.100. The van der Waals surface area contributed by atoms with Crippen LogP contribution in [0.15, 0.2) is 60.7 Å². The quantitative estimate of drug-likeness (QED) is 0.635. The molecule has 2 aromatic carbocycles. The number of benzene rings is 2. The topological polar surface area (TPSA) is 102 Å². The number of ether oxygens (including phenoxy) is 2. The van der Waals surface area contributed by atoms with Gasteiger partial charge in [0.25, 0.3) is 5.91 Å². The van der Waals surface area contributed by atoms with Gasteiger partial charge in [0, 0.05) is 5.56 Å². The minimum atomic E-state index is -0.459. The lowest BCUT2D eigenvalue weighted by molar-refractivity contribution is 0.0601. The van der Waals surface area contributed by atoms with Crippen LogP contribution >= 0.6 is 0 Å². The van der Waals surface area contributed by atoms with E-state index in [0.717, 1.165) is 0 Å². The van der Waals surface area contributed by atoms with Crippen LogP contribution < -0.4 is 15.4 Å². The Bertz CT molecular complexity index is 972. The van der Waals surface area contributed by atoms with Gasteiger partial charge in [-0.1, -0.05) is 12.1 Å². The van der Waals surface area contributed by atoms with Crippen molar-refractivity contribution in [2.75, 3.05) is 24.9 Å². The molecule has 0 aliphatic carbocycles. The van der Waals surface area contributed by atoms with Gasteiger partial charge in [-0.05, 0) is 48.5 Å². The van der Waals surface area contributed by atoms with E-state index in [4.69, 9.17) is 9.47 Å². The highest BCUT2D eigenvalue weighted by Crippen LogP contribution is 2.20. The Morgan fingerprint density at radius 1 is 0.857 bits per heavy atom. The molecule has 0 saturated carbocycles. The minimum absolute atomic E-state index is 0.299. The van der Waals surface area contributed by atoms with Crippen LogP contribution in [0.5, 0.6) is 5.75 Å². The van der Waals surface area contributed by atoms with Gasteiger partial charge in [-0.15, -0.1) is 10.2 Å². The summed E-state index contributed by atoms with van der Waals surface area (Å²) in [5.74, 6) is 0.610. The van der Waals surface area contributed by atoms with Crippen molar-refractivity contribution < 1.29 is 19.1 Å². The van der Waals surface area contributed by atoms with Crippen LogP contribution in [0, 0.1) is 0 Å². The molecule has 0 aliphatic heterocycles. The third-order valence-corrected chi connectivity index (χ3v) is 3.85. The molecule has 0 radical (unpaired) electrons. The fourth-order valence-electron chi connectivity index (χ4n) is 2.41. The first-order chi connectivity index (χ1) is 13.6. The maximum Gasteiger partial charge on any atom is 0.339 e. The zero-order valence-corrected chi connectivity index (χ0v) is 15.3. The summed E-state index contributed by atoms with van der Waals surface area (Å²) in [6.07, 6.45) is 0. The standard InChI is InChI=1S/C20H18N4O4/c1-27-14-9-7-13(8-10-14)19(25)22-18-12-11-17(23-24-18)21-16-6-4-3-5-15(16)20(26)28-2/h3-12H,1-2H3,(H,21,23)(H,22,24,25). The highest BCUT2D eigenvalue weighted by atomic mass is 16.5. The predicted molar refractivity (Wildman–Crippen MR) is 104 cm³/mol. The summed E-state index contributed by atoms with van der Waals surface area (Å²) in [4.78, 5) is 24.1. The molecule has 3 aromatic rings. The molecule has 1 aromatic heterocycles. The summed E-state index contributed by atoms with van der Waals surface area (Å²) in [6.45, 7) is 0. The SMILES string of the molecule is COC(=O)c1ccccc1Nc1ccc(NC(=O)c2ccc(OC)cc2)nn1. The Hall–Kier alpha value is -3.94. The molecule has 0 saturated heterocycles. The first-order valence-corrected chi connectivity index (χ1v) is 8.34. The average molecular weight is 378 g/mol. The first-order valence-electron chi connectivity index (χ1n) is 8.34. The predicted octanol–water partition coefficient (Wildman–Crippen LogP) is 3.27. The van der Waals surface area contributed by atoms with Gasteiger partial charge in [-0.2, -0.15) is 0 Å². The van der Waals surface area contributed by atoms with E-state index in [0.29, 0.717) is 34.2 Å². The number of nitrogens with one attached hydrogen (secondary N) is 2. The van der Waals surface area contributed by atoms with Gasteiger partial charge in [0.15, 0.2) is 11.6 Å². The number of carbonyl (C=O) groups excluding carboxylic acids is 2. The zero-order chi connectivity index (χ0) is 19.9. The molecule has 3 rings (SSSR count). The molecule has 0 aliphatic rings. The lowest BCUT2D eigenvalue weighted by Gasteiger charge is -2.10. The Morgan fingerprint density at radius 2 is 1.54 bits per heavy atom. The van der Waals surface area contributed by atoms with Crippen molar-refractivity contribution in [3.05, 3.63) is 71.8 Å². The van der Waals surface area contributed by atoms with Crippen LogP contribution in [-0.4, -0.2) is 36.3 Å². The van der Waals surface area contributed by atoms with Gasteiger partial charge in [0.1, 0.15) is 5.75 Å². The van der Waals surface area contributed by atoms with Crippen molar-refractivity contribution in [2.45, 2.75) is 0 Å². The second-order valence-corrected chi connectivity index (χ2v) is 5.65. The van der Waals surface area contributed by atoms with E-state index in [1.165, 1.54) is 7.11 Å². The molecule has 28 heavy (non-hydrogen) atoms. The lowest BCUT2D eigenvalue weighted by atomic mass is 10.2. The van der Waals surface area contributed by atoms with Crippen molar-refractivity contribution in [2.24, 2.45) is 0 Å². The third kappa shape index (κ3) is 4.42. The number of amides is 1. The van der Waals surface area contributed by atoms with Crippen molar-refractivity contribution in [3.63, 3.8) is 0 Å². The van der Waals surface area contributed by atoms with Gasteiger partial charge in [-0.25, -0.2) is 4.79 Å².